The molecule has 138 valence electrons. The fraction of sp³-hybridized carbons (Fsp3) is 0.609. The van der Waals surface area contributed by atoms with E-state index in [0.717, 1.165) is 6.42 Å². The van der Waals surface area contributed by atoms with Crippen LogP contribution in [0.3, 0.4) is 0 Å². The zero-order valence-corrected chi connectivity index (χ0v) is 16.4. The van der Waals surface area contributed by atoms with Gasteiger partial charge >= 0.3 is 0 Å². The molecule has 0 aliphatic carbocycles. The minimum absolute atomic E-state index is 1.16. The number of rotatable bonds is 13. The van der Waals surface area contributed by atoms with E-state index in [9.17, 15) is 0 Å². The molecule has 0 saturated heterocycles. The van der Waals surface area contributed by atoms with Gasteiger partial charge in [-0.3, -0.25) is 0 Å². The summed E-state index contributed by atoms with van der Waals surface area (Å²) in [6.45, 7) is 2.29. The Morgan fingerprint density at radius 1 is 0.760 bits per heavy atom. The van der Waals surface area contributed by atoms with Crippen LogP contribution in [-0.4, -0.2) is 4.57 Å². The molecule has 0 N–H and O–H groups in total. The number of aromatic nitrogens is 2. The molecule has 0 aliphatic rings. The largest absolute Gasteiger partial charge is 0.261 e. The number of para-hydroxylation sites is 1. The molecule has 2 heteroatoms. The quantitative estimate of drug-likeness (QED) is 0.305. The molecule has 0 amide bonds. The van der Waals surface area contributed by atoms with E-state index in [4.69, 9.17) is 0 Å². The Balaban J connectivity index is 1.61. The predicted octanol–water partition coefficient (Wildman–Crippen LogP) is 6.16. The molecule has 25 heavy (non-hydrogen) atoms. The third-order valence-corrected chi connectivity index (χ3v) is 5.16. The van der Waals surface area contributed by atoms with E-state index in [1.54, 1.807) is 0 Å². The van der Waals surface area contributed by atoms with E-state index in [1.807, 2.05) is 0 Å². The minimum Gasteiger partial charge on any atom is -0.237 e. The highest BCUT2D eigenvalue weighted by Crippen LogP contribution is 2.14. The lowest BCUT2D eigenvalue weighted by Gasteiger charge is -2.04. The zero-order valence-electron chi connectivity index (χ0n) is 16.4. The monoisotopic (exact) mass is 341 g/mol. The zero-order chi connectivity index (χ0) is 17.7. The molecule has 0 aliphatic heterocycles. The first-order valence-corrected chi connectivity index (χ1v) is 10.4. The van der Waals surface area contributed by atoms with Crippen LogP contribution < -0.4 is 4.57 Å². The third-order valence-electron chi connectivity index (χ3n) is 5.16. The van der Waals surface area contributed by atoms with Crippen molar-refractivity contribution < 1.29 is 4.57 Å². The maximum atomic E-state index is 2.33. The highest BCUT2D eigenvalue weighted by atomic mass is 15.1. The van der Waals surface area contributed by atoms with Crippen molar-refractivity contribution in [3.05, 3.63) is 48.5 Å². The molecule has 1 aromatic carbocycles. The Labute approximate surface area is 154 Å². The van der Waals surface area contributed by atoms with Gasteiger partial charge in [0, 0.05) is 6.42 Å². The summed E-state index contributed by atoms with van der Waals surface area (Å²) in [4.78, 5) is 0. The SMILES string of the molecule is CCCCCCCCCCCCCc1n(-c2ccccc2)cc[n+]1C. The summed E-state index contributed by atoms with van der Waals surface area (Å²) in [5, 5.41) is 0. The smallest absolute Gasteiger partial charge is 0.237 e. The van der Waals surface area contributed by atoms with Crippen LogP contribution in [0.25, 0.3) is 5.69 Å². The van der Waals surface area contributed by atoms with Crippen LogP contribution in [0.2, 0.25) is 0 Å². The maximum absolute atomic E-state index is 2.33. The number of imidazole rings is 1. The fourth-order valence-electron chi connectivity index (χ4n) is 3.58. The molecule has 2 aromatic rings. The van der Waals surface area contributed by atoms with Gasteiger partial charge in [-0.15, -0.1) is 0 Å². The van der Waals surface area contributed by atoms with Gasteiger partial charge in [0.1, 0.15) is 18.1 Å². The van der Waals surface area contributed by atoms with Gasteiger partial charge in [0.05, 0.1) is 7.05 Å². The first-order valence-electron chi connectivity index (χ1n) is 10.4. The van der Waals surface area contributed by atoms with E-state index >= 15 is 0 Å². The van der Waals surface area contributed by atoms with E-state index < -0.39 is 0 Å². The predicted molar refractivity (Wildman–Crippen MR) is 107 cm³/mol. The van der Waals surface area contributed by atoms with Crippen LogP contribution in [0.5, 0.6) is 0 Å². The number of unbranched alkanes of at least 4 members (excludes halogenated alkanes) is 10. The van der Waals surface area contributed by atoms with Crippen LogP contribution in [0, 0.1) is 0 Å². The van der Waals surface area contributed by atoms with Crippen LogP contribution in [0.4, 0.5) is 0 Å². The van der Waals surface area contributed by atoms with Crippen molar-refractivity contribution in [3.63, 3.8) is 0 Å². The lowest BCUT2D eigenvalue weighted by atomic mass is 10.1. The molecule has 0 atom stereocenters. The van der Waals surface area contributed by atoms with Gasteiger partial charge in [-0.2, -0.15) is 4.57 Å². The third kappa shape index (κ3) is 7.05. The first kappa shape index (κ1) is 19.8. The van der Waals surface area contributed by atoms with Crippen molar-refractivity contribution in [1.29, 1.82) is 0 Å². The van der Waals surface area contributed by atoms with Crippen molar-refractivity contribution in [2.45, 2.75) is 84.0 Å². The van der Waals surface area contributed by atoms with Crippen molar-refractivity contribution in [1.82, 2.24) is 4.57 Å². The van der Waals surface area contributed by atoms with Crippen LogP contribution in [0.1, 0.15) is 83.4 Å². The van der Waals surface area contributed by atoms with E-state index in [0.29, 0.717) is 0 Å². The normalized spacial score (nSPS) is 11.1. The molecule has 1 aromatic heterocycles. The molecule has 1 heterocycles. The molecule has 0 saturated carbocycles. The fourth-order valence-corrected chi connectivity index (χ4v) is 3.58. The highest BCUT2D eigenvalue weighted by molar-refractivity contribution is 5.31. The van der Waals surface area contributed by atoms with E-state index in [2.05, 4.69) is 65.8 Å². The van der Waals surface area contributed by atoms with Gasteiger partial charge < -0.3 is 0 Å². The summed E-state index contributed by atoms with van der Waals surface area (Å²) in [5.41, 5.74) is 1.26. The first-order chi connectivity index (χ1) is 12.3. The summed E-state index contributed by atoms with van der Waals surface area (Å²) >= 11 is 0. The molecule has 0 bridgehead atoms. The summed E-state index contributed by atoms with van der Waals surface area (Å²) in [7, 11) is 2.16. The van der Waals surface area contributed by atoms with Crippen LogP contribution in [0.15, 0.2) is 42.7 Å². The number of benzene rings is 1. The Morgan fingerprint density at radius 2 is 1.32 bits per heavy atom. The average Bonchev–Trinajstić information content (AvgIpc) is 3.01. The molecular formula is C23H37N2+. The number of hydrogen-bond acceptors (Lipinski definition) is 0. The van der Waals surface area contributed by atoms with Gasteiger partial charge in [0.25, 0.3) is 5.82 Å². The van der Waals surface area contributed by atoms with Gasteiger partial charge in [0.15, 0.2) is 0 Å². The van der Waals surface area contributed by atoms with Crippen molar-refractivity contribution in [2.75, 3.05) is 0 Å². The van der Waals surface area contributed by atoms with Gasteiger partial charge in [-0.05, 0) is 18.6 Å². The maximum Gasteiger partial charge on any atom is 0.261 e. The molecule has 0 unspecified atom stereocenters. The highest BCUT2D eigenvalue weighted by Gasteiger charge is 2.15. The van der Waals surface area contributed by atoms with Gasteiger partial charge in [-0.25, -0.2) is 4.57 Å². The topological polar surface area (TPSA) is 8.81 Å². The summed E-state index contributed by atoms with van der Waals surface area (Å²) in [6, 6.07) is 10.7. The second-order valence-electron chi connectivity index (χ2n) is 7.32. The van der Waals surface area contributed by atoms with Crippen molar-refractivity contribution in [3.8, 4) is 5.69 Å². The Bertz CT molecular complexity index is 571. The van der Waals surface area contributed by atoms with Crippen LogP contribution in [-0.2, 0) is 13.5 Å². The summed E-state index contributed by atoms with van der Waals surface area (Å²) < 4.78 is 4.60. The molecule has 2 rings (SSSR count). The second-order valence-corrected chi connectivity index (χ2v) is 7.32. The standard InChI is InChI=1S/C23H37N2/c1-3-4-5-6-7-8-9-10-11-12-16-19-23-24(2)20-21-25(23)22-17-14-13-15-18-22/h13-15,17-18,20-21H,3-12,16,19H2,1-2H3/q+1. The van der Waals surface area contributed by atoms with E-state index in [1.165, 1.54) is 82.1 Å². The summed E-state index contributed by atoms with van der Waals surface area (Å²) in [6.07, 6.45) is 20.9. The van der Waals surface area contributed by atoms with Crippen molar-refractivity contribution in [2.24, 2.45) is 7.05 Å². The molecule has 2 nitrogen and oxygen atoms in total. The molecule has 0 fully saturated rings. The van der Waals surface area contributed by atoms with Gasteiger partial charge in [-0.1, -0.05) is 89.3 Å². The Hall–Kier alpha value is -1.57. The lowest BCUT2D eigenvalue weighted by Crippen LogP contribution is -2.31. The lowest BCUT2D eigenvalue weighted by molar-refractivity contribution is -0.678. The minimum atomic E-state index is 1.16. The van der Waals surface area contributed by atoms with Gasteiger partial charge in [0.2, 0.25) is 0 Å². The summed E-state index contributed by atoms with van der Waals surface area (Å²) in [5.74, 6) is 1.40. The number of nitrogens with zero attached hydrogens (tertiary/aromatic N) is 2. The van der Waals surface area contributed by atoms with E-state index in [-0.39, 0.29) is 0 Å². The number of aryl methyl sites for hydroxylation is 1. The Morgan fingerprint density at radius 3 is 1.92 bits per heavy atom. The average molecular weight is 342 g/mol. The second kappa shape index (κ2) is 11.9. The number of hydrogen-bond donors (Lipinski definition) is 0. The van der Waals surface area contributed by atoms with Crippen molar-refractivity contribution >= 4 is 0 Å². The molecule has 0 spiro atoms. The Kier molecular flexibility index (Phi) is 9.40. The molecule has 0 radical (unpaired) electrons. The molecular weight excluding hydrogens is 304 g/mol. The van der Waals surface area contributed by atoms with Crippen LogP contribution >= 0.6 is 0 Å².